The van der Waals surface area contributed by atoms with Gasteiger partial charge in [0.2, 0.25) is 0 Å². The largest absolute Gasteiger partial charge is 0.378 e. The van der Waals surface area contributed by atoms with Gasteiger partial charge in [0.25, 0.3) is 0 Å². The third-order valence-electron chi connectivity index (χ3n) is 7.02. The lowest BCUT2D eigenvalue weighted by Gasteiger charge is -2.34. The lowest BCUT2D eigenvalue weighted by molar-refractivity contribution is 0.260. The quantitative estimate of drug-likeness (QED) is 0.351. The summed E-state index contributed by atoms with van der Waals surface area (Å²) in [5.74, 6) is -0.348. The van der Waals surface area contributed by atoms with E-state index in [1.807, 2.05) is 17.3 Å². The zero-order valence-electron chi connectivity index (χ0n) is 20.1. The van der Waals surface area contributed by atoms with Gasteiger partial charge in [-0.1, -0.05) is 23.7 Å². The molecule has 0 spiro atoms. The van der Waals surface area contributed by atoms with Gasteiger partial charge in [0.15, 0.2) is 0 Å². The van der Waals surface area contributed by atoms with Crippen LogP contribution in [-0.4, -0.2) is 42.0 Å². The lowest BCUT2D eigenvalue weighted by Crippen LogP contribution is -2.45. The van der Waals surface area contributed by atoms with Gasteiger partial charge in [-0.15, -0.1) is 5.53 Å². The van der Waals surface area contributed by atoms with Crippen molar-refractivity contribution < 1.29 is 4.39 Å². The Morgan fingerprint density at radius 1 is 1.19 bits per heavy atom. The van der Waals surface area contributed by atoms with E-state index >= 15 is 0 Å². The molecule has 3 aromatic rings. The van der Waals surface area contributed by atoms with E-state index < -0.39 is 5.44 Å². The average Bonchev–Trinajstić information content (AvgIpc) is 3.38. The van der Waals surface area contributed by atoms with Crippen LogP contribution in [-0.2, 0) is 5.44 Å². The molecule has 37 heavy (non-hydrogen) atoms. The number of nitriles is 1. The fraction of sp³-hybridized carbons (Fsp3) is 0.308. The highest BCUT2D eigenvalue weighted by Gasteiger charge is 2.37. The molecule has 186 valence electrons. The van der Waals surface area contributed by atoms with Gasteiger partial charge in [0.05, 0.1) is 32.9 Å². The monoisotopic (exact) mass is 514 g/mol. The summed E-state index contributed by atoms with van der Waals surface area (Å²) in [7, 11) is 7.04. The highest BCUT2D eigenvalue weighted by molar-refractivity contribution is 6.36. The minimum absolute atomic E-state index is 0.348. The molecule has 0 amide bonds. The van der Waals surface area contributed by atoms with Crippen molar-refractivity contribution in [3.63, 3.8) is 0 Å². The smallest absolute Gasteiger partial charge is 0.123 e. The fourth-order valence-corrected chi connectivity index (χ4v) is 5.11. The molecule has 2 aliphatic heterocycles. The number of nitrogens with zero attached hydrogens (tertiary/aromatic N) is 4. The Morgan fingerprint density at radius 2 is 1.95 bits per heavy atom. The Hall–Kier alpha value is -3.52. The predicted molar refractivity (Wildman–Crippen MR) is 143 cm³/mol. The summed E-state index contributed by atoms with van der Waals surface area (Å²) in [6.45, 7) is 1.78. The molecule has 1 aromatic heterocycles. The molecule has 1 unspecified atom stereocenters. The van der Waals surface area contributed by atoms with E-state index in [0.29, 0.717) is 50.2 Å². The zero-order valence-corrected chi connectivity index (χ0v) is 20.8. The van der Waals surface area contributed by atoms with Crippen LogP contribution < -0.4 is 21.7 Å². The van der Waals surface area contributed by atoms with Crippen LogP contribution in [0.1, 0.15) is 36.8 Å². The number of hydrazine groups is 3. The van der Waals surface area contributed by atoms with E-state index in [1.165, 1.54) is 18.3 Å². The first kappa shape index (κ1) is 23.9. The molecule has 2 radical (unpaired) electrons. The van der Waals surface area contributed by atoms with Crippen LogP contribution in [0.4, 0.5) is 15.8 Å². The second kappa shape index (κ2) is 9.41. The Bertz CT molecular complexity index is 1410. The molecule has 6 rings (SSSR count). The molecule has 11 heteroatoms. The summed E-state index contributed by atoms with van der Waals surface area (Å²) in [6.07, 6.45) is 7.85. The standard InChI is InChI=1S/C26H25BClFN8/c27-26(17-3-5-18(29)6-4-17,23-15-37(35-33-23)20-7-8-20)32-19-11-21-24(34-36-9-1-2-10-36)16(13-30)14-31-25(21)22(28)12-19/h3-6,11-12,14-15,20,32-33,35H,1-2,7-10H2,(H,31,34). The number of aromatic nitrogens is 1. The topological polar surface area (TPSA) is 91.3 Å². The Morgan fingerprint density at radius 3 is 2.65 bits per heavy atom. The lowest BCUT2D eigenvalue weighted by atomic mass is 9.69. The third-order valence-corrected chi connectivity index (χ3v) is 7.30. The number of rotatable bonds is 7. The molecule has 3 heterocycles. The number of fused-ring (bicyclic) bond motifs is 1. The molecule has 3 aliphatic rings. The van der Waals surface area contributed by atoms with Crippen LogP contribution in [0, 0.1) is 17.1 Å². The summed E-state index contributed by atoms with van der Waals surface area (Å²) in [5, 5.41) is 18.4. The summed E-state index contributed by atoms with van der Waals surface area (Å²) in [5.41, 5.74) is 12.1. The number of benzene rings is 2. The van der Waals surface area contributed by atoms with E-state index in [1.54, 1.807) is 18.2 Å². The van der Waals surface area contributed by atoms with Gasteiger partial charge in [-0.2, -0.15) is 5.26 Å². The van der Waals surface area contributed by atoms with Gasteiger partial charge in [-0.05, 0) is 55.5 Å². The van der Waals surface area contributed by atoms with Crippen LogP contribution in [0.3, 0.4) is 0 Å². The van der Waals surface area contributed by atoms with E-state index in [9.17, 15) is 9.65 Å². The van der Waals surface area contributed by atoms with Crippen LogP contribution in [0.5, 0.6) is 0 Å². The third kappa shape index (κ3) is 4.55. The maximum absolute atomic E-state index is 13.8. The molecule has 1 saturated heterocycles. The van der Waals surface area contributed by atoms with E-state index in [4.69, 9.17) is 19.4 Å². The predicted octanol–water partition coefficient (Wildman–Crippen LogP) is 4.08. The van der Waals surface area contributed by atoms with Crippen LogP contribution in [0.2, 0.25) is 5.02 Å². The second-order valence-corrected chi connectivity index (χ2v) is 10.1. The van der Waals surface area contributed by atoms with E-state index in [0.717, 1.165) is 38.8 Å². The number of hydrogen-bond acceptors (Lipinski definition) is 8. The Balaban J connectivity index is 1.43. The molecule has 8 nitrogen and oxygen atoms in total. The van der Waals surface area contributed by atoms with Crippen LogP contribution in [0.15, 0.2) is 54.5 Å². The number of nitrogens with one attached hydrogen (secondary N) is 4. The zero-order chi connectivity index (χ0) is 25.6. The fourth-order valence-electron chi connectivity index (χ4n) is 4.84. The number of halogens is 2. The maximum atomic E-state index is 13.8. The number of anilines is 2. The SMILES string of the molecule is [B]C(Nc1cc(Cl)c2ncc(C#N)c(NN3CCCC3)c2c1)(C1=CN(C2CC2)NN1)c1ccc(F)cc1. The Kier molecular flexibility index (Phi) is 6.07. The minimum Gasteiger partial charge on any atom is -0.378 e. The van der Waals surface area contributed by atoms with Gasteiger partial charge < -0.3 is 16.2 Å². The Labute approximate surface area is 220 Å². The molecule has 1 aliphatic carbocycles. The van der Waals surface area contributed by atoms with Crippen molar-refractivity contribution in [2.24, 2.45) is 0 Å². The highest BCUT2D eigenvalue weighted by atomic mass is 35.5. The maximum Gasteiger partial charge on any atom is 0.123 e. The minimum atomic E-state index is -1.25. The van der Waals surface area contributed by atoms with Crippen molar-refractivity contribution in [3.05, 3.63) is 76.5 Å². The molecular weight excluding hydrogens is 490 g/mol. The summed E-state index contributed by atoms with van der Waals surface area (Å²) in [4.78, 5) is 4.45. The van der Waals surface area contributed by atoms with E-state index in [2.05, 4.69) is 37.8 Å². The molecule has 2 fully saturated rings. The first-order valence-electron chi connectivity index (χ1n) is 12.3. The first-order chi connectivity index (χ1) is 17.9. The number of pyridine rings is 1. The molecule has 4 N–H and O–H groups in total. The van der Waals surface area contributed by atoms with Crippen LogP contribution >= 0.6 is 11.6 Å². The molecule has 0 bridgehead atoms. The van der Waals surface area contributed by atoms with Crippen molar-refractivity contribution in [2.75, 3.05) is 23.8 Å². The van der Waals surface area contributed by atoms with Gasteiger partial charge in [0.1, 0.15) is 19.7 Å². The summed E-state index contributed by atoms with van der Waals surface area (Å²) >= 11 is 6.71. The first-order valence-corrected chi connectivity index (χ1v) is 12.7. The number of hydrogen-bond donors (Lipinski definition) is 4. The van der Waals surface area contributed by atoms with Crippen molar-refractivity contribution in [1.29, 1.82) is 5.26 Å². The van der Waals surface area contributed by atoms with Gasteiger partial charge >= 0.3 is 0 Å². The normalized spacial score (nSPS) is 19.3. The van der Waals surface area contributed by atoms with Crippen LogP contribution in [0.25, 0.3) is 10.9 Å². The highest BCUT2D eigenvalue weighted by Crippen LogP contribution is 2.38. The van der Waals surface area contributed by atoms with Gasteiger partial charge in [-0.3, -0.25) is 9.99 Å². The van der Waals surface area contributed by atoms with Crippen molar-refractivity contribution in [3.8, 4) is 6.07 Å². The van der Waals surface area contributed by atoms with E-state index in [-0.39, 0.29) is 5.82 Å². The second-order valence-electron chi connectivity index (χ2n) is 9.68. The van der Waals surface area contributed by atoms with Crippen molar-refractivity contribution in [1.82, 2.24) is 26.0 Å². The van der Waals surface area contributed by atoms with Crippen molar-refractivity contribution in [2.45, 2.75) is 37.2 Å². The molecule has 1 atom stereocenters. The summed E-state index contributed by atoms with van der Waals surface area (Å²) < 4.78 is 13.8. The molecule has 1 saturated carbocycles. The molecule has 2 aromatic carbocycles. The summed E-state index contributed by atoms with van der Waals surface area (Å²) in [6, 6.07) is 12.4. The molecular formula is C26H25BClFN8. The van der Waals surface area contributed by atoms with Gasteiger partial charge in [-0.25, -0.2) is 9.40 Å². The van der Waals surface area contributed by atoms with Gasteiger partial charge in [0, 0.05) is 42.6 Å². The average molecular weight is 515 g/mol. The van der Waals surface area contributed by atoms with Crippen molar-refractivity contribution >= 4 is 41.7 Å².